The van der Waals surface area contributed by atoms with Gasteiger partial charge < -0.3 is 15.8 Å². The standard InChI is InChI=1S/C18H23N3O.HI/c1-4-14-6-5-7-16(11-14)21-18(19)20-12-15-9-8-13(2)10-17(15)22-3;/h5-11H,4,12H2,1-3H3,(H3,19,20,21);1H. The molecule has 0 heterocycles. The maximum Gasteiger partial charge on any atom is 0.193 e. The van der Waals surface area contributed by atoms with Gasteiger partial charge in [-0.3, -0.25) is 0 Å². The molecule has 5 heteroatoms. The lowest BCUT2D eigenvalue weighted by Crippen LogP contribution is -2.22. The highest BCUT2D eigenvalue weighted by molar-refractivity contribution is 14.0. The minimum Gasteiger partial charge on any atom is -0.496 e. The number of guanidine groups is 1. The quantitative estimate of drug-likeness (QED) is 0.431. The maximum absolute atomic E-state index is 5.96. The van der Waals surface area contributed by atoms with Crippen LogP contribution in [0.3, 0.4) is 0 Å². The van der Waals surface area contributed by atoms with Gasteiger partial charge in [0.15, 0.2) is 5.96 Å². The Kier molecular flexibility index (Phi) is 7.88. The summed E-state index contributed by atoms with van der Waals surface area (Å²) in [4.78, 5) is 4.39. The van der Waals surface area contributed by atoms with Crippen LogP contribution in [0.2, 0.25) is 0 Å². The zero-order valence-electron chi connectivity index (χ0n) is 13.8. The number of nitrogens with two attached hydrogens (primary N) is 1. The van der Waals surface area contributed by atoms with E-state index in [2.05, 4.69) is 29.4 Å². The van der Waals surface area contributed by atoms with Crippen molar-refractivity contribution in [3.8, 4) is 5.75 Å². The van der Waals surface area contributed by atoms with Gasteiger partial charge in [0.05, 0.1) is 13.7 Å². The summed E-state index contributed by atoms with van der Waals surface area (Å²) in [6.45, 7) is 4.64. The van der Waals surface area contributed by atoms with E-state index in [-0.39, 0.29) is 24.0 Å². The first-order valence-electron chi connectivity index (χ1n) is 7.41. The zero-order chi connectivity index (χ0) is 15.9. The lowest BCUT2D eigenvalue weighted by Gasteiger charge is -2.09. The van der Waals surface area contributed by atoms with Crippen LogP contribution >= 0.6 is 24.0 Å². The molecule has 0 unspecified atom stereocenters. The zero-order valence-corrected chi connectivity index (χ0v) is 16.1. The topological polar surface area (TPSA) is 59.6 Å². The Morgan fingerprint density at radius 1 is 1.22 bits per heavy atom. The Bertz CT molecular complexity index is 671. The molecular weight excluding hydrogens is 401 g/mol. The van der Waals surface area contributed by atoms with E-state index in [4.69, 9.17) is 10.5 Å². The normalized spacial score (nSPS) is 10.8. The second-order valence-corrected chi connectivity index (χ2v) is 5.20. The van der Waals surface area contributed by atoms with Gasteiger partial charge in [0.1, 0.15) is 5.75 Å². The summed E-state index contributed by atoms with van der Waals surface area (Å²) >= 11 is 0. The Hall–Kier alpha value is -1.76. The molecule has 0 aromatic heterocycles. The molecule has 0 aliphatic heterocycles. The van der Waals surface area contributed by atoms with E-state index in [0.29, 0.717) is 12.5 Å². The van der Waals surface area contributed by atoms with E-state index in [9.17, 15) is 0 Å². The van der Waals surface area contributed by atoms with Crippen LogP contribution in [0.5, 0.6) is 5.75 Å². The summed E-state index contributed by atoms with van der Waals surface area (Å²) in [7, 11) is 1.67. The van der Waals surface area contributed by atoms with Crippen molar-refractivity contribution in [3.05, 3.63) is 59.2 Å². The first-order chi connectivity index (χ1) is 10.6. The van der Waals surface area contributed by atoms with E-state index in [0.717, 1.165) is 29.0 Å². The van der Waals surface area contributed by atoms with Gasteiger partial charge in [-0.1, -0.05) is 31.2 Å². The number of aryl methyl sites for hydroxylation is 2. The van der Waals surface area contributed by atoms with Crippen LogP contribution in [0.4, 0.5) is 5.69 Å². The van der Waals surface area contributed by atoms with Gasteiger partial charge in [-0.15, -0.1) is 24.0 Å². The lowest BCUT2D eigenvalue weighted by molar-refractivity contribution is 0.409. The molecule has 2 aromatic rings. The maximum atomic E-state index is 5.96. The summed E-state index contributed by atoms with van der Waals surface area (Å²) in [5.74, 6) is 1.24. The van der Waals surface area contributed by atoms with Crippen LogP contribution < -0.4 is 15.8 Å². The molecule has 0 spiro atoms. The van der Waals surface area contributed by atoms with Gasteiger partial charge in [-0.2, -0.15) is 0 Å². The van der Waals surface area contributed by atoms with Gasteiger partial charge in [0.2, 0.25) is 0 Å². The van der Waals surface area contributed by atoms with Gasteiger partial charge in [-0.05, 0) is 42.7 Å². The highest BCUT2D eigenvalue weighted by Gasteiger charge is 2.03. The summed E-state index contributed by atoms with van der Waals surface area (Å²) in [6.07, 6.45) is 0.993. The van der Waals surface area contributed by atoms with E-state index in [1.807, 2.05) is 37.3 Å². The Morgan fingerprint density at radius 2 is 2.00 bits per heavy atom. The van der Waals surface area contributed by atoms with Crippen molar-refractivity contribution in [1.82, 2.24) is 0 Å². The van der Waals surface area contributed by atoms with E-state index in [1.54, 1.807) is 7.11 Å². The third kappa shape index (κ3) is 5.74. The van der Waals surface area contributed by atoms with Crippen molar-refractivity contribution < 1.29 is 4.74 Å². The highest BCUT2D eigenvalue weighted by Crippen LogP contribution is 2.20. The fourth-order valence-corrected chi connectivity index (χ4v) is 2.21. The summed E-state index contributed by atoms with van der Waals surface area (Å²) < 4.78 is 5.38. The number of rotatable bonds is 5. The number of anilines is 1. The molecule has 0 fully saturated rings. The summed E-state index contributed by atoms with van der Waals surface area (Å²) in [6, 6.07) is 14.2. The molecule has 0 amide bonds. The highest BCUT2D eigenvalue weighted by atomic mass is 127. The molecule has 0 aliphatic carbocycles. The Morgan fingerprint density at radius 3 is 2.70 bits per heavy atom. The first-order valence-corrected chi connectivity index (χ1v) is 7.41. The van der Waals surface area contributed by atoms with E-state index >= 15 is 0 Å². The van der Waals surface area contributed by atoms with Gasteiger partial charge in [0.25, 0.3) is 0 Å². The fraction of sp³-hybridized carbons (Fsp3) is 0.278. The molecule has 2 aromatic carbocycles. The van der Waals surface area contributed by atoms with Crippen LogP contribution in [0, 0.1) is 6.92 Å². The smallest absolute Gasteiger partial charge is 0.193 e. The second-order valence-electron chi connectivity index (χ2n) is 5.20. The molecule has 0 aliphatic rings. The number of nitrogens with one attached hydrogen (secondary N) is 1. The first kappa shape index (κ1) is 19.3. The van der Waals surface area contributed by atoms with Gasteiger partial charge in [0, 0.05) is 11.3 Å². The average Bonchev–Trinajstić information content (AvgIpc) is 2.53. The van der Waals surface area contributed by atoms with Crippen LogP contribution in [-0.2, 0) is 13.0 Å². The number of hydrogen-bond acceptors (Lipinski definition) is 2. The number of ether oxygens (including phenoxy) is 1. The molecular formula is C18H24IN3O. The Balaban J connectivity index is 0.00000264. The van der Waals surface area contributed by atoms with Crippen LogP contribution in [0.25, 0.3) is 0 Å². The molecule has 0 radical (unpaired) electrons. The third-order valence-electron chi connectivity index (χ3n) is 3.47. The number of nitrogens with zero attached hydrogens (tertiary/aromatic N) is 1. The third-order valence-corrected chi connectivity index (χ3v) is 3.47. The number of benzene rings is 2. The minimum absolute atomic E-state index is 0. The van der Waals surface area contributed by atoms with Crippen molar-refractivity contribution in [2.24, 2.45) is 10.7 Å². The van der Waals surface area contributed by atoms with Crippen LogP contribution in [0.15, 0.2) is 47.5 Å². The number of hydrogen-bond donors (Lipinski definition) is 2. The van der Waals surface area contributed by atoms with Crippen molar-refractivity contribution in [3.63, 3.8) is 0 Å². The second kappa shape index (κ2) is 9.39. The summed E-state index contributed by atoms with van der Waals surface area (Å²) in [5, 5.41) is 3.12. The van der Waals surface area contributed by atoms with Crippen molar-refractivity contribution in [2.75, 3.05) is 12.4 Å². The number of methoxy groups -OCH3 is 1. The SMILES string of the molecule is CCc1cccc(NC(N)=NCc2ccc(C)cc2OC)c1.I. The lowest BCUT2D eigenvalue weighted by atomic mass is 10.1. The predicted molar refractivity (Wildman–Crippen MR) is 108 cm³/mol. The summed E-state index contributed by atoms with van der Waals surface area (Å²) in [5.41, 5.74) is 10.4. The fourth-order valence-electron chi connectivity index (χ4n) is 2.21. The molecule has 0 saturated carbocycles. The largest absolute Gasteiger partial charge is 0.496 e. The monoisotopic (exact) mass is 425 g/mol. The molecule has 2 rings (SSSR count). The molecule has 124 valence electrons. The van der Waals surface area contributed by atoms with Gasteiger partial charge in [-0.25, -0.2) is 4.99 Å². The van der Waals surface area contributed by atoms with Crippen molar-refractivity contribution >= 4 is 35.6 Å². The molecule has 23 heavy (non-hydrogen) atoms. The minimum atomic E-state index is 0. The predicted octanol–water partition coefficient (Wildman–Crippen LogP) is 4.11. The molecule has 0 saturated heterocycles. The Labute approximate surface area is 155 Å². The van der Waals surface area contributed by atoms with Gasteiger partial charge >= 0.3 is 0 Å². The van der Waals surface area contributed by atoms with E-state index < -0.39 is 0 Å². The van der Waals surface area contributed by atoms with Crippen LogP contribution in [-0.4, -0.2) is 13.1 Å². The van der Waals surface area contributed by atoms with Crippen molar-refractivity contribution in [1.29, 1.82) is 0 Å². The number of halogens is 1. The molecule has 3 N–H and O–H groups in total. The number of aliphatic imine (C=N–C) groups is 1. The van der Waals surface area contributed by atoms with E-state index in [1.165, 1.54) is 5.56 Å². The molecule has 0 bridgehead atoms. The molecule has 0 atom stereocenters. The molecule has 4 nitrogen and oxygen atoms in total. The van der Waals surface area contributed by atoms with Crippen LogP contribution in [0.1, 0.15) is 23.6 Å². The average molecular weight is 425 g/mol. The van der Waals surface area contributed by atoms with Crippen molar-refractivity contribution in [2.45, 2.75) is 26.8 Å².